The SMILES string of the molecule is CC=CC=C(C)C1=NN(Cc2ccc(C(C(=O)NCCCCC3(C(=O)O)CC3)C(C)C(F)(F)F)cc2)C(=O)CO1. The average Bonchev–Trinajstić information content (AvgIpc) is 3.70. The third kappa shape index (κ3) is 7.95. The molecular formula is C29H36F3N3O5. The molecule has 0 saturated heterocycles. The van der Waals surface area contributed by atoms with Gasteiger partial charge in [-0.05, 0) is 50.7 Å². The number of carbonyl (C=O) groups excluding carboxylic acids is 2. The number of hydrogen-bond acceptors (Lipinski definition) is 5. The molecule has 2 atom stereocenters. The van der Waals surface area contributed by atoms with E-state index in [1.54, 1.807) is 25.1 Å². The van der Waals surface area contributed by atoms with Gasteiger partial charge in [-0.1, -0.05) is 55.8 Å². The van der Waals surface area contributed by atoms with Gasteiger partial charge in [0.15, 0.2) is 6.61 Å². The molecule has 2 amide bonds. The summed E-state index contributed by atoms with van der Waals surface area (Å²) in [7, 11) is 0. The summed E-state index contributed by atoms with van der Waals surface area (Å²) in [6.07, 6.45) is 3.67. The first-order valence-electron chi connectivity index (χ1n) is 13.4. The fourth-order valence-electron chi connectivity index (χ4n) is 4.52. The zero-order valence-corrected chi connectivity index (χ0v) is 23.0. The second kappa shape index (κ2) is 13.1. The van der Waals surface area contributed by atoms with Crippen LogP contribution in [0.1, 0.15) is 69.9 Å². The van der Waals surface area contributed by atoms with Crippen LogP contribution in [-0.2, 0) is 25.7 Å². The standard InChI is InChI=1S/C29H36F3N3O5/c1-4-5-8-19(2)26-34-35(23(36)18-40-26)17-21-9-11-22(12-10-21)24(20(3)29(30,31)32)25(37)33-16-7-6-13-28(14-15-28)27(38)39/h4-5,8-12,20,24H,6-7,13-18H2,1-3H3,(H,33,37)(H,38,39). The number of rotatable bonds is 13. The Kier molecular flexibility index (Phi) is 10.2. The lowest BCUT2D eigenvalue weighted by Crippen LogP contribution is -2.38. The lowest BCUT2D eigenvalue weighted by molar-refractivity contribution is -0.179. The predicted octanol–water partition coefficient (Wildman–Crippen LogP) is 5.31. The monoisotopic (exact) mass is 563 g/mol. The fourth-order valence-corrected chi connectivity index (χ4v) is 4.52. The molecule has 11 heteroatoms. The van der Waals surface area contributed by atoms with E-state index < -0.39 is 35.3 Å². The number of alkyl halides is 3. The van der Waals surface area contributed by atoms with Crippen LogP contribution < -0.4 is 5.32 Å². The number of aliphatic carboxylic acids is 1. The summed E-state index contributed by atoms with van der Waals surface area (Å²) in [5.74, 6) is -5.00. The van der Waals surface area contributed by atoms with Gasteiger partial charge < -0.3 is 15.2 Å². The van der Waals surface area contributed by atoms with Crippen molar-refractivity contribution in [1.82, 2.24) is 10.3 Å². The summed E-state index contributed by atoms with van der Waals surface area (Å²) in [4.78, 5) is 36.6. The first kappa shape index (κ1) is 30.9. The molecule has 2 N–H and O–H groups in total. The second-order valence-electron chi connectivity index (χ2n) is 10.4. The molecule has 1 saturated carbocycles. The minimum Gasteiger partial charge on any atom is -0.481 e. The van der Waals surface area contributed by atoms with Gasteiger partial charge in [-0.15, -0.1) is 5.10 Å². The molecule has 218 valence electrons. The first-order chi connectivity index (χ1) is 18.9. The molecular weight excluding hydrogens is 527 g/mol. The van der Waals surface area contributed by atoms with Gasteiger partial charge >= 0.3 is 12.1 Å². The number of allylic oxidation sites excluding steroid dienone is 3. The predicted molar refractivity (Wildman–Crippen MR) is 143 cm³/mol. The molecule has 0 bridgehead atoms. The molecule has 2 unspecified atom stereocenters. The van der Waals surface area contributed by atoms with E-state index in [9.17, 15) is 32.7 Å². The molecule has 8 nitrogen and oxygen atoms in total. The van der Waals surface area contributed by atoms with Crippen molar-refractivity contribution >= 4 is 23.7 Å². The van der Waals surface area contributed by atoms with Crippen LogP contribution in [-0.4, -0.2) is 53.1 Å². The van der Waals surface area contributed by atoms with Crippen LogP contribution in [0.5, 0.6) is 0 Å². The molecule has 40 heavy (non-hydrogen) atoms. The summed E-state index contributed by atoms with van der Waals surface area (Å²) in [6.45, 7) is 4.72. The van der Waals surface area contributed by atoms with E-state index >= 15 is 0 Å². The Morgan fingerprint density at radius 2 is 1.90 bits per heavy atom. The summed E-state index contributed by atoms with van der Waals surface area (Å²) < 4.78 is 46.5. The Balaban J connectivity index is 1.67. The van der Waals surface area contributed by atoms with Crippen LogP contribution in [0.25, 0.3) is 0 Å². The molecule has 3 rings (SSSR count). The van der Waals surface area contributed by atoms with E-state index in [0.29, 0.717) is 43.6 Å². The number of hydrogen-bond donors (Lipinski definition) is 2. The number of benzene rings is 1. The van der Waals surface area contributed by atoms with E-state index in [1.165, 1.54) is 17.1 Å². The maximum absolute atomic E-state index is 13.7. The first-order valence-corrected chi connectivity index (χ1v) is 13.4. The summed E-state index contributed by atoms with van der Waals surface area (Å²) >= 11 is 0. The van der Waals surface area contributed by atoms with Crippen LogP contribution in [0.4, 0.5) is 13.2 Å². The average molecular weight is 564 g/mol. The molecule has 1 aliphatic heterocycles. The third-order valence-electron chi connectivity index (χ3n) is 7.37. The summed E-state index contributed by atoms with van der Waals surface area (Å²) in [5.41, 5.74) is 0.898. The number of nitrogens with zero attached hydrogens (tertiary/aromatic N) is 2. The number of amides is 2. The summed E-state index contributed by atoms with van der Waals surface area (Å²) in [6, 6.07) is 6.11. The molecule has 1 fully saturated rings. The lowest BCUT2D eigenvalue weighted by atomic mass is 9.85. The number of unbranched alkanes of at least 4 members (excludes halogenated alkanes) is 1. The van der Waals surface area contributed by atoms with Gasteiger partial charge in [-0.3, -0.25) is 14.4 Å². The molecule has 1 aliphatic carbocycles. The maximum Gasteiger partial charge on any atom is 0.392 e. The topological polar surface area (TPSA) is 108 Å². The van der Waals surface area contributed by atoms with Crippen molar-refractivity contribution in [2.75, 3.05) is 13.2 Å². The number of hydrazone groups is 1. The van der Waals surface area contributed by atoms with E-state index in [1.807, 2.05) is 19.1 Å². The van der Waals surface area contributed by atoms with Gasteiger partial charge in [0.05, 0.1) is 23.8 Å². The number of ether oxygens (including phenoxy) is 1. The second-order valence-corrected chi connectivity index (χ2v) is 10.4. The largest absolute Gasteiger partial charge is 0.481 e. The van der Waals surface area contributed by atoms with Crippen molar-refractivity contribution < 1.29 is 37.4 Å². The number of halogens is 3. The number of carboxylic acids is 1. The maximum atomic E-state index is 13.7. The van der Waals surface area contributed by atoms with Crippen LogP contribution in [0.3, 0.4) is 0 Å². The van der Waals surface area contributed by atoms with Crippen LogP contribution in [0.2, 0.25) is 0 Å². The highest BCUT2D eigenvalue weighted by Gasteiger charge is 2.49. The minimum absolute atomic E-state index is 0.0897. The summed E-state index contributed by atoms with van der Waals surface area (Å²) in [5, 5.41) is 17.4. The Labute approximate surface area is 231 Å². The van der Waals surface area contributed by atoms with E-state index in [0.717, 1.165) is 12.5 Å². The van der Waals surface area contributed by atoms with Gasteiger partial charge in [-0.2, -0.15) is 13.2 Å². The third-order valence-corrected chi connectivity index (χ3v) is 7.37. The van der Waals surface area contributed by atoms with Crippen molar-refractivity contribution in [2.45, 2.75) is 71.5 Å². The molecule has 1 aromatic carbocycles. The van der Waals surface area contributed by atoms with Gasteiger partial charge in [0.1, 0.15) is 0 Å². The van der Waals surface area contributed by atoms with Crippen molar-refractivity contribution in [3.05, 3.63) is 59.2 Å². The van der Waals surface area contributed by atoms with E-state index in [4.69, 9.17) is 4.74 Å². The Morgan fingerprint density at radius 1 is 1.23 bits per heavy atom. The Bertz CT molecular complexity index is 1170. The molecule has 0 radical (unpaired) electrons. The normalized spacial score (nSPS) is 18.6. The number of carboxylic acid groups (broad SMARTS) is 1. The van der Waals surface area contributed by atoms with Crippen molar-refractivity contribution in [3.63, 3.8) is 0 Å². The van der Waals surface area contributed by atoms with Gasteiger partial charge in [-0.25, -0.2) is 5.01 Å². The molecule has 0 spiro atoms. The quantitative estimate of drug-likeness (QED) is 0.250. The smallest absolute Gasteiger partial charge is 0.392 e. The van der Waals surface area contributed by atoms with Gasteiger partial charge in [0.2, 0.25) is 11.8 Å². The number of carbonyl (C=O) groups is 3. The molecule has 2 aliphatic rings. The van der Waals surface area contributed by atoms with E-state index in [-0.39, 0.29) is 31.2 Å². The highest BCUT2D eigenvalue weighted by molar-refractivity contribution is 5.97. The Morgan fingerprint density at radius 3 is 2.48 bits per heavy atom. The van der Waals surface area contributed by atoms with Crippen LogP contribution >= 0.6 is 0 Å². The molecule has 0 aromatic heterocycles. The zero-order chi connectivity index (χ0) is 29.5. The number of nitrogens with one attached hydrogen (secondary N) is 1. The van der Waals surface area contributed by atoms with Gasteiger partial charge in [0.25, 0.3) is 5.91 Å². The van der Waals surface area contributed by atoms with Gasteiger partial charge in [0, 0.05) is 12.1 Å². The highest BCUT2D eigenvalue weighted by Crippen LogP contribution is 2.50. The van der Waals surface area contributed by atoms with Crippen molar-refractivity contribution in [3.8, 4) is 0 Å². The van der Waals surface area contributed by atoms with Crippen LogP contribution in [0, 0.1) is 11.3 Å². The van der Waals surface area contributed by atoms with E-state index in [2.05, 4.69) is 10.4 Å². The Hall–Kier alpha value is -3.63. The van der Waals surface area contributed by atoms with Crippen molar-refractivity contribution in [1.29, 1.82) is 0 Å². The lowest BCUT2D eigenvalue weighted by Gasteiger charge is -2.26. The fraction of sp³-hybridized carbons (Fsp3) is 0.517. The van der Waals surface area contributed by atoms with Crippen molar-refractivity contribution in [2.24, 2.45) is 16.4 Å². The zero-order valence-electron chi connectivity index (χ0n) is 23.0. The minimum atomic E-state index is -4.59. The highest BCUT2D eigenvalue weighted by atomic mass is 19.4. The molecule has 1 heterocycles. The van der Waals surface area contributed by atoms with Crippen LogP contribution in [0.15, 0.2) is 53.2 Å². The molecule has 1 aromatic rings.